The first-order valence-corrected chi connectivity index (χ1v) is 11.5. The van der Waals surface area contributed by atoms with Crippen molar-refractivity contribution in [1.29, 1.82) is 5.26 Å². The number of rotatable bonds is 4. The van der Waals surface area contributed by atoms with Crippen molar-refractivity contribution < 1.29 is 13.2 Å². The molecule has 6 nitrogen and oxygen atoms in total. The van der Waals surface area contributed by atoms with Gasteiger partial charge in [-0.05, 0) is 60.2 Å². The Kier molecular flexibility index (Phi) is 6.30. The van der Waals surface area contributed by atoms with Gasteiger partial charge in [-0.3, -0.25) is 4.79 Å². The van der Waals surface area contributed by atoms with Crippen LogP contribution in [0.25, 0.3) is 0 Å². The molecule has 0 bridgehead atoms. The number of hydrogen-bond acceptors (Lipinski definition) is 4. The van der Waals surface area contributed by atoms with Crippen molar-refractivity contribution in [2.45, 2.75) is 43.9 Å². The largest absolute Gasteiger partial charge is 0.326 e. The molecule has 0 aromatic heterocycles. The maximum absolute atomic E-state index is 12.8. The maximum atomic E-state index is 12.8. The van der Waals surface area contributed by atoms with Crippen molar-refractivity contribution in [2.24, 2.45) is 5.92 Å². The molecule has 1 amide bonds. The Bertz CT molecular complexity index is 1040. The van der Waals surface area contributed by atoms with Gasteiger partial charge in [0, 0.05) is 24.7 Å². The van der Waals surface area contributed by atoms with Gasteiger partial charge in [-0.25, -0.2) is 8.42 Å². The number of carbonyl (C=O) groups is 1. The molecule has 7 heteroatoms. The summed E-state index contributed by atoms with van der Waals surface area (Å²) in [6, 6.07) is 15.7. The third kappa shape index (κ3) is 4.89. The minimum atomic E-state index is -3.62. The van der Waals surface area contributed by atoms with Gasteiger partial charge in [0.2, 0.25) is 15.9 Å². The van der Waals surface area contributed by atoms with E-state index in [1.165, 1.54) is 34.1 Å². The summed E-state index contributed by atoms with van der Waals surface area (Å²) in [7, 11) is -3.62. The lowest BCUT2D eigenvalue weighted by Crippen LogP contribution is -2.41. The molecule has 1 aliphatic heterocycles. The number of sulfonamides is 1. The fourth-order valence-electron chi connectivity index (χ4n) is 3.51. The second-order valence-electron chi connectivity index (χ2n) is 8.63. The minimum Gasteiger partial charge on any atom is -0.326 e. The lowest BCUT2D eigenvalue weighted by Gasteiger charge is -2.30. The van der Waals surface area contributed by atoms with Gasteiger partial charge < -0.3 is 5.32 Å². The van der Waals surface area contributed by atoms with Crippen molar-refractivity contribution in [3.8, 4) is 6.07 Å². The van der Waals surface area contributed by atoms with Crippen LogP contribution >= 0.6 is 0 Å². The average Bonchev–Trinajstić information content (AvgIpc) is 2.73. The van der Waals surface area contributed by atoms with Crippen LogP contribution in [0.2, 0.25) is 0 Å². The summed E-state index contributed by atoms with van der Waals surface area (Å²) < 4.78 is 27.0. The van der Waals surface area contributed by atoms with Crippen molar-refractivity contribution in [3.05, 3.63) is 59.7 Å². The first kappa shape index (κ1) is 22.0. The molecular weight excluding hydrogens is 398 g/mol. The molecule has 2 aromatic carbocycles. The van der Waals surface area contributed by atoms with E-state index in [9.17, 15) is 13.2 Å². The van der Waals surface area contributed by atoms with Crippen LogP contribution in [0.15, 0.2) is 53.4 Å². The minimum absolute atomic E-state index is 0.0514. The second kappa shape index (κ2) is 8.58. The molecule has 3 rings (SSSR count). The van der Waals surface area contributed by atoms with Gasteiger partial charge in [0.05, 0.1) is 16.5 Å². The molecule has 0 saturated carbocycles. The molecule has 0 radical (unpaired) electrons. The highest BCUT2D eigenvalue weighted by Gasteiger charge is 2.32. The van der Waals surface area contributed by atoms with Crippen LogP contribution in [0.1, 0.15) is 44.7 Å². The Morgan fingerprint density at radius 1 is 1.03 bits per heavy atom. The van der Waals surface area contributed by atoms with E-state index >= 15 is 0 Å². The van der Waals surface area contributed by atoms with E-state index in [4.69, 9.17) is 5.26 Å². The fraction of sp³-hybridized carbons (Fsp3) is 0.391. The van der Waals surface area contributed by atoms with Crippen molar-refractivity contribution in [1.82, 2.24) is 4.31 Å². The highest BCUT2D eigenvalue weighted by atomic mass is 32.2. The number of anilines is 1. The smallest absolute Gasteiger partial charge is 0.243 e. The molecular formula is C23H27N3O3S. The summed E-state index contributed by atoms with van der Waals surface area (Å²) in [5.41, 5.74) is 2.41. The molecule has 30 heavy (non-hydrogen) atoms. The fourth-order valence-corrected chi connectivity index (χ4v) is 4.98. The monoisotopic (exact) mass is 425 g/mol. The number of amides is 1. The van der Waals surface area contributed by atoms with Gasteiger partial charge in [0.1, 0.15) is 0 Å². The molecule has 0 aliphatic carbocycles. The summed E-state index contributed by atoms with van der Waals surface area (Å²) in [5, 5.41) is 11.8. The Morgan fingerprint density at radius 2 is 1.60 bits per heavy atom. The van der Waals surface area contributed by atoms with Crippen LogP contribution in [0.5, 0.6) is 0 Å². The zero-order chi connectivity index (χ0) is 21.9. The van der Waals surface area contributed by atoms with E-state index in [-0.39, 0.29) is 22.1 Å². The molecule has 0 atom stereocenters. The third-order valence-corrected chi connectivity index (χ3v) is 7.38. The predicted molar refractivity (Wildman–Crippen MR) is 116 cm³/mol. The number of nitrogens with zero attached hydrogens (tertiary/aromatic N) is 2. The zero-order valence-electron chi connectivity index (χ0n) is 17.6. The zero-order valence-corrected chi connectivity index (χ0v) is 18.4. The van der Waals surface area contributed by atoms with Gasteiger partial charge in [-0.15, -0.1) is 0 Å². The molecule has 0 unspecified atom stereocenters. The number of carbonyl (C=O) groups excluding carboxylic acids is 1. The number of nitrogens with one attached hydrogen (secondary N) is 1. The molecule has 0 spiro atoms. The average molecular weight is 426 g/mol. The summed E-state index contributed by atoms with van der Waals surface area (Å²) in [6.45, 7) is 7.01. The standard InChI is InChI=1S/C23H27N3O3S/c1-23(2,3)19-6-8-20(9-7-19)25-22(27)18-12-14-26(15-13-18)30(28,29)21-10-4-17(16-24)5-11-21/h4-11,18H,12-15H2,1-3H3,(H,25,27). The predicted octanol–water partition coefficient (Wildman–Crippen LogP) is 3.90. The van der Waals surface area contributed by atoms with E-state index in [1.807, 2.05) is 30.3 Å². The van der Waals surface area contributed by atoms with Crippen LogP contribution < -0.4 is 5.32 Å². The summed E-state index contributed by atoms with van der Waals surface area (Å²) in [6.07, 6.45) is 0.947. The Balaban J connectivity index is 1.59. The van der Waals surface area contributed by atoms with E-state index in [1.54, 1.807) is 0 Å². The molecule has 1 fully saturated rings. The first-order chi connectivity index (χ1) is 14.1. The first-order valence-electron chi connectivity index (χ1n) is 10.0. The van der Waals surface area contributed by atoms with Crippen LogP contribution in [0.3, 0.4) is 0 Å². The van der Waals surface area contributed by atoms with E-state index in [0.29, 0.717) is 31.5 Å². The summed E-state index contributed by atoms with van der Waals surface area (Å²) in [4.78, 5) is 12.8. The van der Waals surface area contributed by atoms with Crippen LogP contribution in [-0.4, -0.2) is 31.7 Å². The molecule has 1 N–H and O–H groups in total. The van der Waals surface area contributed by atoms with Crippen LogP contribution in [0, 0.1) is 17.2 Å². The van der Waals surface area contributed by atoms with Crippen LogP contribution in [-0.2, 0) is 20.2 Å². The number of piperidine rings is 1. The maximum Gasteiger partial charge on any atom is 0.243 e. The lowest BCUT2D eigenvalue weighted by atomic mass is 9.87. The van der Waals surface area contributed by atoms with Gasteiger partial charge in [-0.2, -0.15) is 9.57 Å². The van der Waals surface area contributed by atoms with Gasteiger partial charge in [0.15, 0.2) is 0 Å². The van der Waals surface area contributed by atoms with E-state index < -0.39 is 10.0 Å². The molecule has 2 aromatic rings. The normalized spacial score (nSPS) is 16.1. The summed E-state index contributed by atoms with van der Waals surface area (Å²) >= 11 is 0. The van der Waals surface area contributed by atoms with Gasteiger partial charge in [-0.1, -0.05) is 32.9 Å². The highest BCUT2D eigenvalue weighted by molar-refractivity contribution is 7.89. The number of benzene rings is 2. The summed E-state index contributed by atoms with van der Waals surface area (Å²) in [5.74, 6) is -0.298. The molecule has 158 valence electrons. The Labute approximate surface area is 178 Å². The second-order valence-corrected chi connectivity index (χ2v) is 10.6. The van der Waals surface area contributed by atoms with E-state index in [2.05, 4.69) is 26.1 Å². The highest BCUT2D eigenvalue weighted by Crippen LogP contribution is 2.26. The van der Waals surface area contributed by atoms with Gasteiger partial charge in [0.25, 0.3) is 0 Å². The Hall–Kier alpha value is -2.69. The third-order valence-electron chi connectivity index (χ3n) is 5.46. The molecule has 1 aliphatic rings. The van der Waals surface area contributed by atoms with E-state index in [0.717, 1.165) is 5.69 Å². The van der Waals surface area contributed by atoms with Crippen molar-refractivity contribution >= 4 is 21.6 Å². The van der Waals surface area contributed by atoms with Crippen molar-refractivity contribution in [3.63, 3.8) is 0 Å². The van der Waals surface area contributed by atoms with Crippen LogP contribution in [0.4, 0.5) is 5.69 Å². The molecule has 1 saturated heterocycles. The Morgan fingerprint density at radius 3 is 2.10 bits per heavy atom. The van der Waals surface area contributed by atoms with Crippen molar-refractivity contribution in [2.75, 3.05) is 18.4 Å². The lowest BCUT2D eigenvalue weighted by molar-refractivity contribution is -0.120. The van der Waals surface area contributed by atoms with Gasteiger partial charge >= 0.3 is 0 Å². The quantitative estimate of drug-likeness (QED) is 0.804. The number of nitriles is 1. The topological polar surface area (TPSA) is 90.3 Å². The molecule has 1 heterocycles. The number of hydrogen-bond donors (Lipinski definition) is 1. The SMILES string of the molecule is CC(C)(C)c1ccc(NC(=O)C2CCN(S(=O)(=O)c3ccc(C#N)cc3)CC2)cc1.